The highest BCUT2D eigenvalue weighted by atomic mass is 16.5. The van der Waals surface area contributed by atoms with Gasteiger partial charge in [-0.05, 0) is 12.1 Å². The van der Waals surface area contributed by atoms with Crippen molar-refractivity contribution in [2.75, 3.05) is 12.4 Å². The Morgan fingerprint density at radius 3 is 2.60 bits per heavy atom. The zero-order chi connectivity index (χ0) is 14.4. The third-order valence-corrected chi connectivity index (χ3v) is 2.36. The summed E-state index contributed by atoms with van der Waals surface area (Å²) in [5.74, 6) is 0.0454. The van der Waals surface area contributed by atoms with E-state index in [9.17, 15) is 9.59 Å². The van der Waals surface area contributed by atoms with Gasteiger partial charge in [0.25, 0.3) is 5.91 Å². The van der Waals surface area contributed by atoms with Gasteiger partial charge in [0.2, 0.25) is 5.88 Å². The lowest BCUT2D eigenvalue weighted by atomic mass is 10.2. The molecule has 0 aliphatic carbocycles. The van der Waals surface area contributed by atoms with Crippen molar-refractivity contribution >= 4 is 17.8 Å². The average Bonchev–Trinajstić information content (AvgIpc) is 2.48. The normalized spacial score (nSPS) is 9.65. The number of ether oxygens (including phenoxy) is 1. The van der Waals surface area contributed by atoms with Crippen LogP contribution in [0.3, 0.4) is 0 Å². The van der Waals surface area contributed by atoms with Gasteiger partial charge in [-0.25, -0.2) is 14.8 Å². The van der Waals surface area contributed by atoms with Gasteiger partial charge in [-0.15, -0.1) is 0 Å². The number of carbonyl (C=O) groups is 2. The maximum absolute atomic E-state index is 11.7. The number of anilines is 1. The fourth-order valence-electron chi connectivity index (χ4n) is 1.43. The minimum absolute atomic E-state index is 0.232. The van der Waals surface area contributed by atoms with Crippen LogP contribution < -0.4 is 15.4 Å². The first-order valence-electron chi connectivity index (χ1n) is 5.72. The van der Waals surface area contributed by atoms with Crippen LogP contribution in [0, 0.1) is 0 Å². The Labute approximate surface area is 115 Å². The molecule has 0 saturated heterocycles. The minimum atomic E-state index is -0.681. The molecule has 1 aromatic heterocycles. The Morgan fingerprint density at radius 1 is 1.15 bits per heavy atom. The molecule has 0 atom stereocenters. The van der Waals surface area contributed by atoms with Crippen molar-refractivity contribution < 1.29 is 14.3 Å². The van der Waals surface area contributed by atoms with Crippen LogP contribution in [0.25, 0.3) is 0 Å². The number of rotatable bonds is 3. The monoisotopic (exact) mass is 272 g/mol. The number of amides is 3. The molecule has 0 spiro atoms. The summed E-state index contributed by atoms with van der Waals surface area (Å²) in [5, 5.41) is 4.61. The van der Waals surface area contributed by atoms with Crippen molar-refractivity contribution in [3.05, 3.63) is 48.3 Å². The van der Waals surface area contributed by atoms with Crippen LogP contribution in [0.4, 0.5) is 10.6 Å². The topological polar surface area (TPSA) is 93.2 Å². The molecule has 102 valence electrons. The second-order valence-electron chi connectivity index (χ2n) is 3.72. The smallest absolute Gasteiger partial charge is 0.327 e. The van der Waals surface area contributed by atoms with Crippen molar-refractivity contribution in [3.63, 3.8) is 0 Å². The largest absolute Gasteiger partial charge is 0.481 e. The molecule has 20 heavy (non-hydrogen) atoms. The van der Waals surface area contributed by atoms with Crippen LogP contribution in [0.2, 0.25) is 0 Å². The predicted octanol–water partition coefficient (Wildman–Crippen LogP) is 1.45. The van der Waals surface area contributed by atoms with Gasteiger partial charge in [-0.3, -0.25) is 15.4 Å². The van der Waals surface area contributed by atoms with E-state index >= 15 is 0 Å². The molecule has 1 aromatic carbocycles. The molecule has 7 heteroatoms. The third kappa shape index (κ3) is 3.52. The molecule has 0 unspecified atom stereocenters. The summed E-state index contributed by atoms with van der Waals surface area (Å²) in [6.45, 7) is 0. The van der Waals surface area contributed by atoms with Crippen LogP contribution >= 0.6 is 0 Å². The fraction of sp³-hybridized carbons (Fsp3) is 0.0769. The predicted molar refractivity (Wildman–Crippen MR) is 71.5 cm³/mol. The van der Waals surface area contributed by atoms with Crippen LogP contribution in [0.1, 0.15) is 10.4 Å². The second-order valence-corrected chi connectivity index (χ2v) is 3.72. The summed E-state index contributed by atoms with van der Waals surface area (Å²) < 4.78 is 4.90. The van der Waals surface area contributed by atoms with E-state index in [1.165, 1.54) is 19.5 Å². The molecular weight excluding hydrogens is 260 g/mol. The number of carbonyl (C=O) groups excluding carboxylic acids is 2. The lowest BCUT2D eigenvalue weighted by Gasteiger charge is -2.06. The summed E-state index contributed by atoms with van der Waals surface area (Å²) in [5.41, 5.74) is 0.392. The summed E-state index contributed by atoms with van der Waals surface area (Å²) in [7, 11) is 1.45. The SMILES string of the molecule is COc1cc(NC(=O)NC(=O)c2ccccc2)ncn1. The maximum Gasteiger partial charge on any atom is 0.327 e. The van der Waals surface area contributed by atoms with Crippen LogP contribution in [0.5, 0.6) is 5.88 Å². The summed E-state index contributed by atoms with van der Waals surface area (Å²) in [6.07, 6.45) is 1.24. The Hall–Kier alpha value is -2.96. The van der Waals surface area contributed by atoms with E-state index in [-0.39, 0.29) is 5.82 Å². The zero-order valence-corrected chi connectivity index (χ0v) is 10.7. The molecule has 0 bridgehead atoms. The van der Waals surface area contributed by atoms with E-state index in [0.29, 0.717) is 11.4 Å². The molecule has 2 aromatic rings. The lowest BCUT2D eigenvalue weighted by Crippen LogP contribution is -2.34. The van der Waals surface area contributed by atoms with Gasteiger partial charge in [-0.1, -0.05) is 18.2 Å². The molecule has 3 amide bonds. The average molecular weight is 272 g/mol. The minimum Gasteiger partial charge on any atom is -0.481 e. The lowest BCUT2D eigenvalue weighted by molar-refractivity contribution is 0.0967. The highest BCUT2D eigenvalue weighted by Crippen LogP contribution is 2.09. The van der Waals surface area contributed by atoms with Crippen molar-refractivity contribution in [2.45, 2.75) is 0 Å². The number of hydrogen-bond acceptors (Lipinski definition) is 5. The second kappa shape index (κ2) is 6.28. The quantitative estimate of drug-likeness (QED) is 0.882. The van der Waals surface area contributed by atoms with Crippen LogP contribution in [-0.2, 0) is 0 Å². The molecular formula is C13H12N4O3. The van der Waals surface area contributed by atoms with Crippen LogP contribution in [0.15, 0.2) is 42.7 Å². The first-order valence-corrected chi connectivity index (χ1v) is 5.72. The number of hydrogen-bond donors (Lipinski definition) is 2. The highest BCUT2D eigenvalue weighted by Gasteiger charge is 2.10. The Kier molecular flexibility index (Phi) is 4.23. The van der Waals surface area contributed by atoms with Gasteiger partial charge >= 0.3 is 6.03 Å². The summed E-state index contributed by atoms with van der Waals surface area (Å²) >= 11 is 0. The molecule has 1 heterocycles. The van der Waals surface area contributed by atoms with Crippen molar-refractivity contribution in [1.82, 2.24) is 15.3 Å². The van der Waals surface area contributed by atoms with Crippen molar-refractivity contribution in [1.29, 1.82) is 0 Å². The first-order chi connectivity index (χ1) is 9.69. The molecule has 2 rings (SSSR count). The third-order valence-electron chi connectivity index (χ3n) is 2.36. The van der Waals surface area contributed by atoms with Crippen molar-refractivity contribution in [2.24, 2.45) is 0 Å². The van der Waals surface area contributed by atoms with E-state index in [1.54, 1.807) is 30.3 Å². The summed E-state index contributed by atoms with van der Waals surface area (Å²) in [6, 6.07) is 9.17. The maximum atomic E-state index is 11.7. The highest BCUT2D eigenvalue weighted by molar-refractivity contribution is 6.07. The molecule has 2 N–H and O–H groups in total. The molecule has 0 aliphatic heterocycles. The van der Waals surface area contributed by atoms with Gasteiger partial charge < -0.3 is 4.74 Å². The van der Waals surface area contributed by atoms with Crippen molar-refractivity contribution in [3.8, 4) is 5.88 Å². The molecule has 7 nitrogen and oxygen atoms in total. The van der Waals surface area contributed by atoms with Gasteiger partial charge in [0.15, 0.2) is 0 Å². The van der Waals surface area contributed by atoms with E-state index in [2.05, 4.69) is 20.6 Å². The first kappa shape index (κ1) is 13.5. The zero-order valence-electron chi connectivity index (χ0n) is 10.7. The standard InChI is InChI=1S/C13H12N4O3/c1-20-11-7-10(14-8-15-11)16-13(19)17-12(18)9-5-3-2-4-6-9/h2-8H,1H3,(H2,14,15,16,17,18,19). The number of imide groups is 1. The Bertz CT molecular complexity index is 616. The van der Waals surface area contributed by atoms with E-state index in [4.69, 9.17) is 4.74 Å². The van der Waals surface area contributed by atoms with Gasteiger partial charge in [0.05, 0.1) is 7.11 Å². The fourth-order valence-corrected chi connectivity index (χ4v) is 1.43. The number of nitrogens with one attached hydrogen (secondary N) is 2. The Balaban J connectivity index is 1.97. The molecule has 0 fully saturated rings. The number of nitrogens with zero attached hydrogens (tertiary/aromatic N) is 2. The molecule has 0 radical (unpaired) electrons. The number of urea groups is 1. The van der Waals surface area contributed by atoms with Gasteiger partial charge in [-0.2, -0.15) is 0 Å². The Morgan fingerprint density at radius 2 is 1.90 bits per heavy atom. The van der Waals surface area contributed by atoms with Gasteiger partial charge in [0, 0.05) is 11.6 Å². The van der Waals surface area contributed by atoms with E-state index in [1.807, 2.05) is 0 Å². The van der Waals surface area contributed by atoms with Gasteiger partial charge in [0.1, 0.15) is 12.1 Å². The molecule has 0 saturated carbocycles. The van der Waals surface area contributed by atoms with E-state index < -0.39 is 11.9 Å². The number of methoxy groups -OCH3 is 1. The van der Waals surface area contributed by atoms with Crippen LogP contribution in [-0.4, -0.2) is 29.0 Å². The summed E-state index contributed by atoms with van der Waals surface area (Å²) in [4.78, 5) is 31.0. The number of benzene rings is 1. The van der Waals surface area contributed by atoms with E-state index in [0.717, 1.165) is 0 Å². The molecule has 0 aliphatic rings. The number of aromatic nitrogens is 2.